The van der Waals surface area contributed by atoms with Crippen molar-refractivity contribution in [1.82, 2.24) is 88.4 Å². The molecule has 9 atom stereocenters. The van der Waals surface area contributed by atoms with Crippen molar-refractivity contribution in [3.63, 3.8) is 0 Å². The van der Waals surface area contributed by atoms with Crippen molar-refractivity contribution in [2.45, 2.75) is 156 Å². The number of primary amides is 1. The van der Waals surface area contributed by atoms with Gasteiger partial charge in [-0.05, 0) is 82.4 Å². The number of aromatic amines is 2. The Labute approximate surface area is 553 Å². The van der Waals surface area contributed by atoms with Crippen LogP contribution in [0.15, 0.2) is 49.2 Å². The Balaban J connectivity index is 0.993. The number of benzene rings is 1. The number of imidazole rings is 1. The van der Waals surface area contributed by atoms with Crippen molar-refractivity contribution in [2.75, 3.05) is 71.6 Å². The molecule has 34 nitrogen and oxygen atoms in total. The Bertz CT molecular complexity index is 3190. The molecular formula is C60H91N21O13S. The van der Waals surface area contributed by atoms with Crippen LogP contribution >= 0.6 is 11.8 Å². The standard InChI is InChI=1S/C60H91N21O13S/c61-17-7-5-13-42-55(87)73-41(53(62)85)12-6-8-20-81-32-38(79-80-81)28-46(72-51(84)33-94-25-24-93-23-22-92-21-19-66-49(82)16-4-3-15-48-52-47(34-95-48)77-60(91)78-52)58(90)75-43(14-9-18-67-59(63)64)56(88)76-45(27-37-30-65-35-70-37)54(86)69-31-50(83)71-44(57(89)74-42)26-36-29-68-40-11-2-1-10-39(36)40/h1-2,10-11,29-30,32,35,41-48,52,68H,3-9,12-28,31,33-34,61H2,(H2,62,85)(H,65,70)(H,66,82)(H,69,86)(H,71,83)(H,72,84)(H,73,87)(H,74,89)(H,75,90)(H,76,88)(H4,63,64,67)(H2,77,78,91)/t41-,42+,43+,44+,45+,46-,47+,48+,52+/m0/s1. The molecule has 11 amide bonds. The number of nitrogens with zero attached hydrogens (tertiary/aromatic N) is 4. The van der Waals surface area contributed by atoms with Gasteiger partial charge in [0.25, 0.3) is 0 Å². The summed E-state index contributed by atoms with van der Waals surface area (Å²) in [5.74, 6) is -5.84. The summed E-state index contributed by atoms with van der Waals surface area (Å²) in [6.07, 6.45) is 10.5. The molecule has 7 rings (SSSR count). The van der Waals surface area contributed by atoms with Crippen molar-refractivity contribution in [3.05, 3.63) is 66.1 Å². The fourth-order valence-electron chi connectivity index (χ4n) is 11.1. The monoisotopic (exact) mass is 1350 g/mol. The van der Waals surface area contributed by atoms with Crippen LogP contribution in [0.1, 0.15) is 94.0 Å². The molecule has 2 bridgehead atoms. The number of H-pyrrole nitrogens is 2. The van der Waals surface area contributed by atoms with Gasteiger partial charge < -0.3 is 99.9 Å². The van der Waals surface area contributed by atoms with Crippen molar-refractivity contribution in [1.29, 1.82) is 5.41 Å². The fourth-order valence-corrected chi connectivity index (χ4v) is 12.6. The van der Waals surface area contributed by atoms with E-state index in [1.807, 2.05) is 36.0 Å². The maximum absolute atomic E-state index is 14.5. The highest BCUT2D eigenvalue weighted by atomic mass is 32.2. The lowest BCUT2D eigenvalue weighted by atomic mass is 10.0. The first-order valence-electron chi connectivity index (χ1n) is 32.2. The van der Waals surface area contributed by atoms with E-state index >= 15 is 0 Å². The third-order valence-electron chi connectivity index (χ3n) is 16.0. The number of urea groups is 1. The Morgan fingerprint density at radius 3 is 2.20 bits per heavy atom. The molecule has 0 radical (unpaired) electrons. The summed E-state index contributed by atoms with van der Waals surface area (Å²) in [6.45, 7) is 0.566. The summed E-state index contributed by atoms with van der Waals surface area (Å²) < 4.78 is 18.3. The highest BCUT2D eigenvalue weighted by molar-refractivity contribution is 8.00. The molecular weight excluding hydrogens is 1250 g/mol. The number of para-hydroxylation sites is 1. The Hall–Kier alpha value is -8.93. The number of aromatic nitrogens is 6. The van der Waals surface area contributed by atoms with Gasteiger partial charge in [0.05, 0.1) is 69.4 Å². The molecule has 20 N–H and O–H groups in total. The maximum atomic E-state index is 14.5. The van der Waals surface area contributed by atoms with Gasteiger partial charge in [-0.15, -0.1) is 5.10 Å². The number of hydrogen-bond acceptors (Lipinski definition) is 19. The van der Waals surface area contributed by atoms with Crippen LogP contribution in [0.5, 0.6) is 0 Å². The summed E-state index contributed by atoms with van der Waals surface area (Å²) in [5.41, 5.74) is 19.2. The molecule has 95 heavy (non-hydrogen) atoms. The second kappa shape index (κ2) is 39.1. The number of fused-ring (bicyclic) bond motifs is 4. The second-order valence-electron chi connectivity index (χ2n) is 23.4. The molecule has 2 fully saturated rings. The summed E-state index contributed by atoms with van der Waals surface area (Å²) in [4.78, 5) is 146. The number of nitrogens with two attached hydrogens (primary N) is 3. The molecule has 3 aliphatic heterocycles. The molecule has 3 aromatic heterocycles. The quantitative estimate of drug-likeness (QED) is 0.0104. The summed E-state index contributed by atoms with van der Waals surface area (Å²) >= 11 is 1.85. The number of amides is 11. The minimum absolute atomic E-state index is 0.0133. The molecule has 2 saturated heterocycles. The van der Waals surface area contributed by atoms with Gasteiger partial charge in [0.1, 0.15) is 42.9 Å². The molecule has 520 valence electrons. The minimum Gasteiger partial charge on any atom is -0.377 e. The summed E-state index contributed by atoms with van der Waals surface area (Å²) in [6, 6.07) is -0.367. The number of carbonyl (C=O) groups excluding carboxylic acids is 10. The summed E-state index contributed by atoms with van der Waals surface area (Å²) in [7, 11) is 0. The minimum atomic E-state index is -1.42. The molecule has 0 saturated carbocycles. The largest absolute Gasteiger partial charge is 0.377 e. The predicted octanol–water partition coefficient (Wildman–Crippen LogP) is -3.51. The van der Waals surface area contributed by atoms with Crippen molar-refractivity contribution in [2.24, 2.45) is 17.2 Å². The third kappa shape index (κ3) is 25.1. The van der Waals surface area contributed by atoms with Gasteiger partial charge >= 0.3 is 6.03 Å². The zero-order valence-electron chi connectivity index (χ0n) is 53.1. The number of rotatable bonds is 30. The van der Waals surface area contributed by atoms with E-state index in [-0.39, 0.29) is 127 Å². The van der Waals surface area contributed by atoms with Crippen molar-refractivity contribution >= 4 is 87.8 Å². The van der Waals surface area contributed by atoms with Gasteiger partial charge in [-0.25, -0.2) is 9.78 Å². The molecule has 35 heteroatoms. The molecule has 4 aromatic rings. The van der Waals surface area contributed by atoms with Gasteiger partial charge in [0.2, 0.25) is 53.2 Å². The number of thioether (sulfide) groups is 1. The molecule has 6 heterocycles. The second-order valence-corrected chi connectivity index (χ2v) is 24.6. The lowest BCUT2D eigenvalue weighted by Gasteiger charge is -2.26. The van der Waals surface area contributed by atoms with E-state index in [0.29, 0.717) is 61.7 Å². The normalized spacial score (nSPS) is 22.7. The highest BCUT2D eigenvalue weighted by Crippen LogP contribution is 2.33. The average molecular weight is 1350 g/mol. The van der Waals surface area contributed by atoms with E-state index < -0.39 is 96.7 Å². The zero-order chi connectivity index (χ0) is 67.9. The van der Waals surface area contributed by atoms with Gasteiger partial charge in [-0.3, -0.25) is 53.2 Å². The first-order chi connectivity index (χ1) is 45.9. The number of ether oxygens (including phenoxy) is 3. The number of unbranched alkanes of at least 4 members (excludes halogenated alkanes) is 2. The van der Waals surface area contributed by atoms with Crippen LogP contribution < -0.4 is 75.7 Å². The smallest absolute Gasteiger partial charge is 0.315 e. The van der Waals surface area contributed by atoms with Gasteiger partial charge in [-0.1, -0.05) is 29.8 Å². The molecule has 0 unspecified atom stereocenters. The SMILES string of the molecule is N=C(N)NCCC[C@H]1NC(=O)[C@@H](NC(=O)COCCOCCOCCNC(=O)CCCC[C@H]2SC[C@H]3NC(=O)N[C@H]32)Cc2cn(nn2)CCCC[C@@H](C(N)=O)NC(=O)[C@@H](CCCCN)NC(=O)[C@@H](Cc2c[nH]c3ccccc23)NC(=O)CNC(=O)[C@@H](Cc2c[nH]cn2)NC1=O. The van der Waals surface area contributed by atoms with Crippen LogP contribution in [0, 0.1) is 5.41 Å². The van der Waals surface area contributed by atoms with E-state index in [0.717, 1.165) is 35.9 Å². The number of guanidine groups is 1. The lowest BCUT2D eigenvalue weighted by Crippen LogP contribution is -2.59. The highest BCUT2D eigenvalue weighted by Gasteiger charge is 2.43. The Kier molecular flexibility index (Phi) is 30.2. The van der Waals surface area contributed by atoms with Crippen LogP contribution in [-0.4, -0.2) is 220 Å². The van der Waals surface area contributed by atoms with Crippen LogP contribution in [0.4, 0.5) is 4.79 Å². The van der Waals surface area contributed by atoms with Crippen LogP contribution in [0.25, 0.3) is 10.9 Å². The molecule has 0 spiro atoms. The Morgan fingerprint density at radius 2 is 1.43 bits per heavy atom. The molecule has 1 aromatic carbocycles. The van der Waals surface area contributed by atoms with Crippen LogP contribution in [-0.2, 0) is 83.2 Å². The van der Waals surface area contributed by atoms with E-state index in [2.05, 4.69) is 83.7 Å². The van der Waals surface area contributed by atoms with Crippen molar-refractivity contribution in [3.8, 4) is 0 Å². The van der Waals surface area contributed by atoms with Gasteiger partial charge in [0, 0.05) is 85.8 Å². The van der Waals surface area contributed by atoms with E-state index in [1.54, 1.807) is 12.4 Å². The summed E-state index contributed by atoms with van der Waals surface area (Å²) in [5, 5.41) is 47.5. The van der Waals surface area contributed by atoms with Crippen molar-refractivity contribution < 1.29 is 62.2 Å². The number of nitrogens with one attached hydrogen (secondary N) is 14. The van der Waals surface area contributed by atoms with Gasteiger partial charge in [-0.2, -0.15) is 11.8 Å². The average Bonchev–Trinajstić information content (AvgIpc) is 1.71. The fraction of sp³-hybridized carbons (Fsp3) is 0.600. The first kappa shape index (κ1) is 73.5. The van der Waals surface area contributed by atoms with E-state index in [9.17, 15) is 47.9 Å². The first-order valence-corrected chi connectivity index (χ1v) is 33.2. The number of hydrogen-bond donors (Lipinski definition) is 17. The molecule has 0 aliphatic carbocycles. The predicted molar refractivity (Wildman–Crippen MR) is 347 cm³/mol. The van der Waals surface area contributed by atoms with Crippen LogP contribution in [0.3, 0.4) is 0 Å². The Morgan fingerprint density at radius 1 is 0.716 bits per heavy atom. The number of carbonyl (C=O) groups is 10. The third-order valence-corrected chi connectivity index (χ3v) is 17.5. The zero-order valence-corrected chi connectivity index (χ0v) is 54.0. The topological polar surface area (TPSA) is 508 Å². The maximum Gasteiger partial charge on any atom is 0.315 e. The number of aryl methyl sites for hydroxylation is 1. The lowest BCUT2D eigenvalue weighted by molar-refractivity contribution is -0.135. The van der Waals surface area contributed by atoms with E-state index in [1.165, 1.54) is 17.2 Å². The molecule has 3 aliphatic rings. The van der Waals surface area contributed by atoms with E-state index in [4.69, 9.17) is 36.8 Å². The van der Waals surface area contributed by atoms with Crippen LogP contribution in [0.2, 0.25) is 0 Å². The van der Waals surface area contributed by atoms with Gasteiger partial charge in [0.15, 0.2) is 5.96 Å².